The minimum atomic E-state index is -0.122. The lowest BCUT2D eigenvalue weighted by molar-refractivity contribution is 0.391. The van der Waals surface area contributed by atoms with Crippen molar-refractivity contribution in [2.24, 2.45) is 0 Å². The third-order valence-electron chi connectivity index (χ3n) is 3.48. The van der Waals surface area contributed by atoms with Crippen molar-refractivity contribution in [2.75, 3.05) is 0 Å². The van der Waals surface area contributed by atoms with E-state index in [1.807, 2.05) is 42.6 Å². The first-order valence-corrected chi connectivity index (χ1v) is 9.06. The van der Waals surface area contributed by atoms with Crippen LogP contribution in [-0.2, 0) is 5.75 Å². The highest BCUT2D eigenvalue weighted by molar-refractivity contribution is 7.98. The van der Waals surface area contributed by atoms with Crippen LogP contribution in [0.15, 0.2) is 50.2 Å². The molecule has 0 saturated heterocycles. The molecule has 3 heterocycles. The Bertz CT molecular complexity index is 1070. The van der Waals surface area contributed by atoms with Crippen LogP contribution in [0.5, 0.6) is 0 Å². The topological polar surface area (TPSA) is 84.7 Å². The summed E-state index contributed by atoms with van der Waals surface area (Å²) in [5.41, 5.74) is 2.62. The molecule has 0 saturated carbocycles. The molecule has 1 aromatic carbocycles. The molecule has 0 spiro atoms. The van der Waals surface area contributed by atoms with Gasteiger partial charge in [-0.25, -0.2) is 4.98 Å². The van der Waals surface area contributed by atoms with Gasteiger partial charge in [0.1, 0.15) is 4.70 Å². The number of hydrogen-bond acceptors (Lipinski definition) is 7. The Labute approximate surface area is 145 Å². The molecule has 0 aliphatic heterocycles. The summed E-state index contributed by atoms with van der Waals surface area (Å²) in [6.45, 7) is 2.00. The average molecular weight is 356 g/mol. The second kappa shape index (κ2) is 6.21. The summed E-state index contributed by atoms with van der Waals surface area (Å²) in [4.78, 5) is 23.6. The van der Waals surface area contributed by atoms with E-state index in [1.54, 1.807) is 0 Å². The van der Waals surface area contributed by atoms with Crippen LogP contribution in [0.2, 0.25) is 0 Å². The van der Waals surface area contributed by atoms with E-state index in [9.17, 15) is 4.79 Å². The first-order chi connectivity index (χ1) is 11.7. The van der Waals surface area contributed by atoms with Crippen LogP contribution in [0.1, 0.15) is 11.5 Å². The molecule has 1 N–H and O–H groups in total. The highest BCUT2D eigenvalue weighted by Gasteiger charge is 2.12. The van der Waals surface area contributed by atoms with Crippen molar-refractivity contribution in [3.63, 3.8) is 0 Å². The summed E-state index contributed by atoms with van der Waals surface area (Å²) in [6, 6.07) is 9.71. The summed E-state index contributed by atoms with van der Waals surface area (Å²) in [6.07, 6.45) is 0. The van der Waals surface area contributed by atoms with E-state index in [0.29, 0.717) is 32.8 Å². The van der Waals surface area contributed by atoms with Crippen molar-refractivity contribution in [1.82, 2.24) is 20.1 Å². The maximum Gasteiger partial charge on any atom is 0.269 e. The quantitative estimate of drug-likeness (QED) is 0.444. The number of aromatic amines is 1. The SMILES string of the molecule is Cc1ccccc1-c1noc(CSc2nc3ccsc3c(=O)[nH]2)n1. The second-order valence-corrected chi connectivity index (χ2v) is 7.00. The third kappa shape index (κ3) is 2.85. The number of H-pyrrole nitrogens is 1. The maximum atomic E-state index is 11.9. The number of thioether (sulfide) groups is 1. The molecule has 6 nitrogen and oxygen atoms in total. The van der Waals surface area contributed by atoms with Crippen molar-refractivity contribution >= 4 is 33.3 Å². The van der Waals surface area contributed by atoms with Crippen LogP contribution < -0.4 is 5.56 Å². The first kappa shape index (κ1) is 15.1. The van der Waals surface area contributed by atoms with Gasteiger partial charge in [0.25, 0.3) is 5.56 Å². The van der Waals surface area contributed by atoms with Crippen LogP contribution >= 0.6 is 23.1 Å². The number of thiophene rings is 1. The van der Waals surface area contributed by atoms with Gasteiger partial charge in [0.15, 0.2) is 5.16 Å². The highest BCUT2D eigenvalue weighted by Crippen LogP contribution is 2.24. The van der Waals surface area contributed by atoms with E-state index in [1.165, 1.54) is 23.1 Å². The summed E-state index contributed by atoms with van der Waals surface area (Å²) in [5.74, 6) is 1.50. The highest BCUT2D eigenvalue weighted by atomic mass is 32.2. The van der Waals surface area contributed by atoms with Crippen molar-refractivity contribution in [3.05, 3.63) is 57.5 Å². The Balaban J connectivity index is 1.54. The summed E-state index contributed by atoms with van der Waals surface area (Å²) >= 11 is 2.74. The molecule has 4 rings (SSSR count). The zero-order chi connectivity index (χ0) is 16.5. The largest absolute Gasteiger partial charge is 0.338 e. The predicted molar refractivity (Wildman–Crippen MR) is 94.3 cm³/mol. The Kier molecular flexibility index (Phi) is 3.91. The maximum absolute atomic E-state index is 11.9. The number of nitrogens with zero attached hydrogens (tertiary/aromatic N) is 3. The van der Waals surface area contributed by atoms with Gasteiger partial charge in [-0.1, -0.05) is 41.2 Å². The summed E-state index contributed by atoms with van der Waals surface area (Å²) in [5, 5.41) is 6.43. The van der Waals surface area contributed by atoms with Gasteiger partial charge in [0.05, 0.1) is 11.3 Å². The van der Waals surface area contributed by atoms with E-state index in [2.05, 4.69) is 20.1 Å². The number of rotatable bonds is 4. The second-order valence-electron chi connectivity index (χ2n) is 5.12. The van der Waals surface area contributed by atoms with Gasteiger partial charge < -0.3 is 9.51 Å². The van der Waals surface area contributed by atoms with Gasteiger partial charge in [0.2, 0.25) is 11.7 Å². The van der Waals surface area contributed by atoms with Gasteiger partial charge in [-0.3, -0.25) is 4.79 Å². The van der Waals surface area contributed by atoms with Gasteiger partial charge in [-0.2, -0.15) is 4.98 Å². The van der Waals surface area contributed by atoms with Gasteiger partial charge >= 0.3 is 0 Å². The lowest BCUT2D eigenvalue weighted by Gasteiger charge is -1.98. The summed E-state index contributed by atoms with van der Waals surface area (Å²) in [7, 11) is 0. The molecule has 0 radical (unpaired) electrons. The number of fused-ring (bicyclic) bond motifs is 1. The summed E-state index contributed by atoms with van der Waals surface area (Å²) < 4.78 is 5.94. The fourth-order valence-corrected chi connectivity index (χ4v) is 3.73. The fraction of sp³-hybridized carbons (Fsp3) is 0.125. The first-order valence-electron chi connectivity index (χ1n) is 7.19. The number of hydrogen-bond donors (Lipinski definition) is 1. The molecule has 0 aliphatic carbocycles. The van der Waals surface area contributed by atoms with E-state index < -0.39 is 0 Å². The lowest BCUT2D eigenvalue weighted by Crippen LogP contribution is -2.07. The van der Waals surface area contributed by atoms with Crippen molar-refractivity contribution in [3.8, 4) is 11.4 Å². The third-order valence-corrected chi connectivity index (χ3v) is 5.24. The van der Waals surface area contributed by atoms with Crippen LogP contribution in [0.3, 0.4) is 0 Å². The zero-order valence-electron chi connectivity index (χ0n) is 12.6. The molecule has 120 valence electrons. The van der Waals surface area contributed by atoms with Gasteiger partial charge in [-0.15, -0.1) is 11.3 Å². The average Bonchev–Trinajstić information content (AvgIpc) is 3.22. The molecule has 4 aromatic rings. The molecule has 0 atom stereocenters. The molecule has 0 aliphatic rings. The standard InChI is InChI=1S/C16H12N4O2S2/c1-9-4-2-3-5-10(9)14-18-12(22-20-14)8-24-16-17-11-6-7-23-13(11)15(21)19-16/h2-7H,8H2,1H3,(H,17,19,21). The molecular formula is C16H12N4O2S2. The Morgan fingerprint density at radius 1 is 1.25 bits per heavy atom. The zero-order valence-corrected chi connectivity index (χ0v) is 14.3. The monoisotopic (exact) mass is 356 g/mol. The van der Waals surface area contributed by atoms with E-state index in [0.717, 1.165) is 11.1 Å². The van der Waals surface area contributed by atoms with Gasteiger partial charge in [0, 0.05) is 5.56 Å². The van der Waals surface area contributed by atoms with Gasteiger partial charge in [-0.05, 0) is 23.9 Å². The van der Waals surface area contributed by atoms with Crippen LogP contribution in [-0.4, -0.2) is 20.1 Å². The lowest BCUT2D eigenvalue weighted by atomic mass is 10.1. The Morgan fingerprint density at radius 2 is 2.12 bits per heavy atom. The van der Waals surface area contributed by atoms with E-state index in [4.69, 9.17) is 4.52 Å². The predicted octanol–water partition coefficient (Wildman–Crippen LogP) is 3.64. The molecule has 0 bridgehead atoms. The molecule has 0 unspecified atom stereocenters. The smallest absolute Gasteiger partial charge is 0.269 e. The number of benzene rings is 1. The number of aryl methyl sites for hydroxylation is 1. The molecule has 0 amide bonds. The van der Waals surface area contributed by atoms with E-state index >= 15 is 0 Å². The van der Waals surface area contributed by atoms with Crippen molar-refractivity contribution < 1.29 is 4.52 Å². The Morgan fingerprint density at radius 3 is 3.00 bits per heavy atom. The molecule has 0 fully saturated rings. The van der Waals surface area contributed by atoms with Crippen LogP contribution in [0.4, 0.5) is 0 Å². The normalized spacial score (nSPS) is 11.2. The Hall–Kier alpha value is -2.45. The fourth-order valence-electron chi connectivity index (χ4n) is 2.30. The number of nitrogens with one attached hydrogen (secondary N) is 1. The number of aromatic nitrogens is 4. The van der Waals surface area contributed by atoms with Crippen molar-refractivity contribution in [1.29, 1.82) is 0 Å². The van der Waals surface area contributed by atoms with E-state index in [-0.39, 0.29) is 5.56 Å². The van der Waals surface area contributed by atoms with Crippen molar-refractivity contribution in [2.45, 2.75) is 17.8 Å². The van der Waals surface area contributed by atoms with Crippen LogP contribution in [0.25, 0.3) is 21.6 Å². The minimum Gasteiger partial charge on any atom is -0.338 e. The molecule has 24 heavy (non-hydrogen) atoms. The van der Waals surface area contributed by atoms with Crippen LogP contribution in [0, 0.1) is 6.92 Å². The molecular weight excluding hydrogens is 344 g/mol. The molecule has 8 heteroatoms. The minimum absolute atomic E-state index is 0.122. The molecule has 3 aromatic heterocycles.